The van der Waals surface area contributed by atoms with Crippen molar-refractivity contribution in [3.63, 3.8) is 0 Å². The first-order valence-electron chi connectivity index (χ1n) is 5.61. The maximum atomic E-state index is 13.5. The zero-order chi connectivity index (χ0) is 11.7. The number of nitrogens with one attached hydrogen (secondary N) is 1. The van der Waals surface area contributed by atoms with Gasteiger partial charge in [0.2, 0.25) is 0 Å². The van der Waals surface area contributed by atoms with E-state index in [1.54, 1.807) is 12.3 Å². The number of pyridine rings is 1. The molecule has 0 aliphatic heterocycles. The van der Waals surface area contributed by atoms with Crippen LogP contribution in [0, 0.1) is 5.82 Å². The van der Waals surface area contributed by atoms with Crippen molar-refractivity contribution in [2.45, 2.75) is 25.4 Å². The highest BCUT2D eigenvalue weighted by Crippen LogP contribution is 2.25. The highest BCUT2D eigenvalue weighted by atomic mass is 32.1. The third-order valence-electron chi connectivity index (χ3n) is 2.66. The standard InChI is InChI=1S/C12H12FN3S/c13-10-2-1-5-14-11(10)12-16-9(7-17-12)6-15-8-3-4-8/h1-2,5,7-8,15H,3-4,6H2. The molecule has 5 heteroatoms. The lowest BCUT2D eigenvalue weighted by molar-refractivity contribution is 0.625. The average Bonchev–Trinajstić information content (AvgIpc) is 3.06. The Morgan fingerprint density at radius 1 is 1.47 bits per heavy atom. The Hall–Kier alpha value is -1.33. The molecule has 3 nitrogen and oxygen atoms in total. The lowest BCUT2D eigenvalue weighted by Gasteiger charge is -1.98. The summed E-state index contributed by atoms with van der Waals surface area (Å²) in [5, 5.41) is 5.99. The third kappa shape index (κ3) is 2.50. The molecular weight excluding hydrogens is 237 g/mol. The summed E-state index contributed by atoms with van der Waals surface area (Å²) in [4.78, 5) is 8.42. The van der Waals surface area contributed by atoms with E-state index in [9.17, 15) is 4.39 Å². The van der Waals surface area contributed by atoms with Gasteiger partial charge >= 0.3 is 0 Å². The van der Waals surface area contributed by atoms with E-state index in [4.69, 9.17) is 0 Å². The second kappa shape index (κ2) is 4.50. The maximum Gasteiger partial charge on any atom is 0.151 e. The average molecular weight is 249 g/mol. The number of hydrogen-bond acceptors (Lipinski definition) is 4. The summed E-state index contributed by atoms with van der Waals surface area (Å²) in [5.41, 5.74) is 1.30. The molecule has 0 radical (unpaired) electrons. The molecule has 2 aromatic rings. The molecule has 17 heavy (non-hydrogen) atoms. The van der Waals surface area contributed by atoms with Gasteiger partial charge in [0.1, 0.15) is 10.7 Å². The largest absolute Gasteiger partial charge is 0.308 e. The van der Waals surface area contributed by atoms with Crippen LogP contribution in [-0.2, 0) is 6.54 Å². The van der Waals surface area contributed by atoms with Gasteiger partial charge in [-0.1, -0.05) is 0 Å². The van der Waals surface area contributed by atoms with Crippen LogP contribution in [0.2, 0.25) is 0 Å². The SMILES string of the molecule is Fc1cccnc1-c1nc(CNC2CC2)cs1. The minimum atomic E-state index is -0.316. The van der Waals surface area contributed by atoms with Crippen LogP contribution in [0.3, 0.4) is 0 Å². The molecule has 2 aromatic heterocycles. The van der Waals surface area contributed by atoms with E-state index < -0.39 is 0 Å². The molecule has 0 unspecified atom stereocenters. The molecule has 0 spiro atoms. The van der Waals surface area contributed by atoms with Crippen molar-refractivity contribution in [2.75, 3.05) is 0 Å². The molecule has 2 heterocycles. The Kier molecular flexibility index (Phi) is 2.86. The fraction of sp³-hybridized carbons (Fsp3) is 0.333. The number of nitrogens with zero attached hydrogens (tertiary/aromatic N) is 2. The topological polar surface area (TPSA) is 37.8 Å². The van der Waals surface area contributed by atoms with Gasteiger partial charge in [-0.25, -0.2) is 9.37 Å². The number of rotatable bonds is 4. The predicted octanol–water partition coefficient (Wildman–Crippen LogP) is 2.60. The van der Waals surface area contributed by atoms with Crippen molar-refractivity contribution >= 4 is 11.3 Å². The molecule has 88 valence electrons. The van der Waals surface area contributed by atoms with E-state index in [1.807, 2.05) is 5.38 Å². The summed E-state index contributed by atoms with van der Waals surface area (Å²) >= 11 is 1.44. The quantitative estimate of drug-likeness (QED) is 0.905. The van der Waals surface area contributed by atoms with Gasteiger partial charge in [-0.15, -0.1) is 11.3 Å². The van der Waals surface area contributed by atoms with Gasteiger partial charge in [-0.05, 0) is 25.0 Å². The lowest BCUT2D eigenvalue weighted by atomic mass is 10.3. The summed E-state index contributed by atoms with van der Waals surface area (Å²) in [6, 6.07) is 3.65. The van der Waals surface area contributed by atoms with Gasteiger partial charge in [0.25, 0.3) is 0 Å². The fourth-order valence-electron chi connectivity index (χ4n) is 1.58. The number of aromatic nitrogens is 2. The van der Waals surface area contributed by atoms with Crippen molar-refractivity contribution in [3.05, 3.63) is 35.2 Å². The molecule has 1 aliphatic carbocycles. The second-order valence-electron chi connectivity index (χ2n) is 4.13. The highest BCUT2D eigenvalue weighted by molar-refractivity contribution is 7.13. The highest BCUT2D eigenvalue weighted by Gasteiger charge is 2.20. The van der Waals surface area contributed by atoms with Gasteiger partial charge in [0.15, 0.2) is 5.82 Å². The Morgan fingerprint density at radius 2 is 2.35 bits per heavy atom. The Bertz CT molecular complexity index is 522. The molecule has 1 aliphatic rings. The lowest BCUT2D eigenvalue weighted by Crippen LogP contribution is -2.15. The van der Waals surface area contributed by atoms with Crippen molar-refractivity contribution in [1.29, 1.82) is 0 Å². The van der Waals surface area contributed by atoms with Gasteiger partial charge in [-0.3, -0.25) is 4.98 Å². The Balaban J connectivity index is 1.77. The van der Waals surface area contributed by atoms with Crippen LogP contribution in [0.25, 0.3) is 10.7 Å². The molecule has 1 N–H and O–H groups in total. The van der Waals surface area contributed by atoms with E-state index in [0.29, 0.717) is 16.7 Å². The zero-order valence-electron chi connectivity index (χ0n) is 9.19. The van der Waals surface area contributed by atoms with Gasteiger partial charge in [0.05, 0.1) is 5.69 Å². The van der Waals surface area contributed by atoms with E-state index in [0.717, 1.165) is 12.2 Å². The summed E-state index contributed by atoms with van der Waals surface area (Å²) < 4.78 is 13.5. The van der Waals surface area contributed by atoms with Crippen molar-refractivity contribution in [1.82, 2.24) is 15.3 Å². The summed E-state index contributed by atoms with van der Waals surface area (Å²) in [7, 11) is 0. The fourth-order valence-corrected chi connectivity index (χ4v) is 2.39. The van der Waals surface area contributed by atoms with Crippen LogP contribution in [0.5, 0.6) is 0 Å². The van der Waals surface area contributed by atoms with Crippen molar-refractivity contribution in [2.24, 2.45) is 0 Å². The summed E-state index contributed by atoms with van der Waals surface area (Å²) in [6.07, 6.45) is 4.10. The Labute approximate surface area is 103 Å². The minimum absolute atomic E-state index is 0.316. The molecule has 0 atom stereocenters. The van der Waals surface area contributed by atoms with E-state index in [-0.39, 0.29) is 5.82 Å². The van der Waals surface area contributed by atoms with Crippen LogP contribution in [0.15, 0.2) is 23.7 Å². The first-order valence-corrected chi connectivity index (χ1v) is 6.49. The first kappa shape index (κ1) is 10.8. The van der Waals surface area contributed by atoms with Crippen molar-refractivity contribution < 1.29 is 4.39 Å². The second-order valence-corrected chi connectivity index (χ2v) is 4.99. The minimum Gasteiger partial charge on any atom is -0.308 e. The maximum absolute atomic E-state index is 13.5. The third-order valence-corrected chi connectivity index (χ3v) is 3.56. The first-order chi connectivity index (χ1) is 8.33. The number of thiazole rings is 1. The van der Waals surface area contributed by atoms with Gasteiger partial charge in [-0.2, -0.15) is 0 Å². The van der Waals surface area contributed by atoms with E-state index in [1.165, 1.54) is 30.2 Å². The monoisotopic (exact) mass is 249 g/mol. The van der Waals surface area contributed by atoms with Crippen LogP contribution in [0.1, 0.15) is 18.5 Å². The van der Waals surface area contributed by atoms with Crippen molar-refractivity contribution in [3.8, 4) is 10.7 Å². The molecule has 1 fully saturated rings. The molecule has 0 saturated heterocycles. The van der Waals surface area contributed by atoms with E-state index in [2.05, 4.69) is 15.3 Å². The summed E-state index contributed by atoms with van der Waals surface area (Å²) in [6.45, 7) is 0.760. The predicted molar refractivity (Wildman–Crippen MR) is 65.2 cm³/mol. The zero-order valence-corrected chi connectivity index (χ0v) is 10.0. The summed E-state index contributed by atoms with van der Waals surface area (Å²) in [5.74, 6) is -0.316. The van der Waals surface area contributed by atoms with Crippen LogP contribution >= 0.6 is 11.3 Å². The number of hydrogen-bond donors (Lipinski definition) is 1. The van der Waals surface area contributed by atoms with Crippen LogP contribution in [0.4, 0.5) is 4.39 Å². The van der Waals surface area contributed by atoms with Gasteiger partial charge in [0, 0.05) is 24.2 Å². The van der Waals surface area contributed by atoms with Crippen LogP contribution in [-0.4, -0.2) is 16.0 Å². The van der Waals surface area contributed by atoms with Crippen LogP contribution < -0.4 is 5.32 Å². The molecular formula is C12H12FN3S. The van der Waals surface area contributed by atoms with Gasteiger partial charge < -0.3 is 5.32 Å². The molecule has 3 rings (SSSR count). The van der Waals surface area contributed by atoms with E-state index >= 15 is 0 Å². The normalized spacial score (nSPS) is 15.1. The number of halogens is 1. The Morgan fingerprint density at radius 3 is 3.12 bits per heavy atom. The molecule has 0 amide bonds. The molecule has 0 aromatic carbocycles. The molecule has 1 saturated carbocycles. The smallest absolute Gasteiger partial charge is 0.151 e. The molecule has 0 bridgehead atoms.